The Hall–Kier alpha value is -2.07. The second-order valence-electron chi connectivity index (χ2n) is 5.34. The zero-order valence-corrected chi connectivity index (χ0v) is 12.9. The summed E-state index contributed by atoms with van der Waals surface area (Å²) in [6.45, 7) is 3.18. The van der Waals surface area contributed by atoms with Crippen molar-refractivity contribution >= 4 is 28.7 Å². The zero-order valence-electron chi connectivity index (χ0n) is 12.1. The van der Waals surface area contributed by atoms with Gasteiger partial charge in [0.05, 0.1) is 0 Å². The van der Waals surface area contributed by atoms with Gasteiger partial charge in [-0.1, -0.05) is 19.1 Å². The number of thiocarbonyl (C=S) groups is 1. The van der Waals surface area contributed by atoms with Crippen LogP contribution in [0.25, 0.3) is 11.1 Å². The SMILES string of the molecule is CCCNc1ccc2c(c1)-c1ccc(NC(N)=S)cc1C2. The molecule has 2 aromatic carbocycles. The van der Waals surface area contributed by atoms with E-state index in [9.17, 15) is 0 Å². The fraction of sp³-hybridized carbons (Fsp3) is 0.235. The summed E-state index contributed by atoms with van der Waals surface area (Å²) in [6, 6.07) is 12.9. The molecular formula is C17H19N3S. The summed E-state index contributed by atoms with van der Waals surface area (Å²) < 4.78 is 0. The van der Waals surface area contributed by atoms with Crippen LogP contribution in [0.4, 0.5) is 11.4 Å². The van der Waals surface area contributed by atoms with Gasteiger partial charge in [0.15, 0.2) is 5.11 Å². The molecule has 108 valence electrons. The van der Waals surface area contributed by atoms with Gasteiger partial charge in [-0.15, -0.1) is 0 Å². The lowest BCUT2D eigenvalue weighted by atomic mass is 10.0. The maximum absolute atomic E-state index is 5.53. The molecule has 0 aliphatic heterocycles. The third kappa shape index (κ3) is 2.85. The molecule has 21 heavy (non-hydrogen) atoms. The summed E-state index contributed by atoms with van der Waals surface area (Å²) in [6.07, 6.45) is 2.09. The van der Waals surface area contributed by atoms with Crippen molar-refractivity contribution in [3.63, 3.8) is 0 Å². The maximum Gasteiger partial charge on any atom is 0.168 e. The minimum atomic E-state index is 0.302. The van der Waals surface area contributed by atoms with Crippen LogP contribution in [-0.2, 0) is 6.42 Å². The van der Waals surface area contributed by atoms with Gasteiger partial charge in [0.2, 0.25) is 0 Å². The van der Waals surface area contributed by atoms with E-state index in [-0.39, 0.29) is 0 Å². The van der Waals surface area contributed by atoms with E-state index >= 15 is 0 Å². The second-order valence-corrected chi connectivity index (χ2v) is 5.78. The molecule has 0 fully saturated rings. The van der Waals surface area contributed by atoms with Crippen molar-refractivity contribution in [2.75, 3.05) is 17.2 Å². The molecular weight excluding hydrogens is 278 g/mol. The Balaban J connectivity index is 1.91. The molecule has 0 unspecified atom stereocenters. The van der Waals surface area contributed by atoms with E-state index < -0.39 is 0 Å². The first kappa shape index (κ1) is 13.9. The molecule has 1 aliphatic carbocycles. The van der Waals surface area contributed by atoms with E-state index in [2.05, 4.69) is 47.9 Å². The van der Waals surface area contributed by atoms with Gasteiger partial charge in [0, 0.05) is 17.9 Å². The van der Waals surface area contributed by atoms with Crippen LogP contribution in [0.2, 0.25) is 0 Å². The molecule has 0 saturated heterocycles. The van der Waals surface area contributed by atoms with Gasteiger partial charge in [-0.3, -0.25) is 0 Å². The number of hydrogen-bond acceptors (Lipinski definition) is 2. The minimum absolute atomic E-state index is 0.302. The first-order chi connectivity index (χ1) is 10.2. The number of fused-ring (bicyclic) bond motifs is 3. The second kappa shape index (κ2) is 5.74. The van der Waals surface area contributed by atoms with Crippen molar-refractivity contribution in [2.24, 2.45) is 5.73 Å². The first-order valence-electron chi connectivity index (χ1n) is 7.24. The van der Waals surface area contributed by atoms with Crippen LogP contribution in [0.15, 0.2) is 36.4 Å². The van der Waals surface area contributed by atoms with Crippen molar-refractivity contribution in [1.29, 1.82) is 0 Å². The molecule has 0 saturated carbocycles. The third-order valence-corrected chi connectivity index (χ3v) is 3.83. The Kier molecular flexibility index (Phi) is 3.80. The molecule has 2 aromatic rings. The predicted molar refractivity (Wildman–Crippen MR) is 93.9 cm³/mol. The molecule has 0 aromatic heterocycles. The lowest BCUT2D eigenvalue weighted by Gasteiger charge is -2.08. The van der Waals surface area contributed by atoms with Crippen molar-refractivity contribution in [3.8, 4) is 11.1 Å². The van der Waals surface area contributed by atoms with Crippen LogP contribution in [0.3, 0.4) is 0 Å². The lowest BCUT2D eigenvalue weighted by molar-refractivity contribution is 0.980. The van der Waals surface area contributed by atoms with E-state index in [1.165, 1.54) is 27.9 Å². The van der Waals surface area contributed by atoms with E-state index in [0.717, 1.165) is 25.1 Å². The molecule has 0 bridgehead atoms. The Morgan fingerprint density at radius 1 is 1.10 bits per heavy atom. The van der Waals surface area contributed by atoms with E-state index in [1.54, 1.807) is 0 Å². The average molecular weight is 297 g/mol. The summed E-state index contributed by atoms with van der Waals surface area (Å²) in [5.74, 6) is 0. The molecule has 0 atom stereocenters. The van der Waals surface area contributed by atoms with Gasteiger partial charge < -0.3 is 16.4 Å². The Bertz CT molecular complexity index is 694. The summed E-state index contributed by atoms with van der Waals surface area (Å²) in [4.78, 5) is 0. The smallest absolute Gasteiger partial charge is 0.168 e. The van der Waals surface area contributed by atoms with Gasteiger partial charge in [0.25, 0.3) is 0 Å². The molecule has 1 aliphatic rings. The topological polar surface area (TPSA) is 50.1 Å². The number of nitrogens with two attached hydrogens (primary N) is 1. The molecule has 0 radical (unpaired) electrons. The third-order valence-electron chi connectivity index (χ3n) is 3.73. The predicted octanol–water partition coefficient (Wildman–Crippen LogP) is 3.74. The summed E-state index contributed by atoms with van der Waals surface area (Å²) in [5, 5.41) is 6.75. The first-order valence-corrected chi connectivity index (χ1v) is 7.64. The fourth-order valence-corrected chi connectivity index (χ4v) is 2.91. The number of nitrogens with one attached hydrogen (secondary N) is 2. The molecule has 0 amide bonds. The highest BCUT2D eigenvalue weighted by Crippen LogP contribution is 2.39. The number of rotatable bonds is 4. The highest BCUT2D eigenvalue weighted by molar-refractivity contribution is 7.80. The summed E-state index contributed by atoms with van der Waals surface area (Å²) in [7, 11) is 0. The fourth-order valence-electron chi connectivity index (χ4n) is 2.79. The molecule has 4 heteroatoms. The largest absolute Gasteiger partial charge is 0.385 e. The van der Waals surface area contributed by atoms with Crippen molar-refractivity contribution in [3.05, 3.63) is 47.5 Å². The molecule has 3 nitrogen and oxygen atoms in total. The average Bonchev–Trinajstić information content (AvgIpc) is 2.81. The molecule has 0 spiro atoms. The molecule has 0 heterocycles. The highest BCUT2D eigenvalue weighted by atomic mass is 32.1. The van der Waals surface area contributed by atoms with Gasteiger partial charge in [0.1, 0.15) is 0 Å². The van der Waals surface area contributed by atoms with E-state index in [0.29, 0.717) is 5.11 Å². The monoisotopic (exact) mass is 297 g/mol. The van der Waals surface area contributed by atoms with Crippen LogP contribution in [0.5, 0.6) is 0 Å². The quantitative estimate of drug-likeness (QED) is 0.642. The minimum Gasteiger partial charge on any atom is -0.385 e. The highest BCUT2D eigenvalue weighted by Gasteiger charge is 2.19. The normalized spacial score (nSPS) is 11.7. The van der Waals surface area contributed by atoms with Gasteiger partial charge in [-0.25, -0.2) is 0 Å². The van der Waals surface area contributed by atoms with Crippen molar-refractivity contribution in [1.82, 2.24) is 0 Å². The Morgan fingerprint density at radius 2 is 1.90 bits per heavy atom. The Morgan fingerprint density at radius 3 is 2.67 bits per heavy atom. The Labute approximate surface area is 130 Å². The van der Waals surface area contributed by atoms with Gasteiger partial charge >= 0.3 is 0 Å². The van der Waals surface area contributed by atoms with Crippen molar-refractivity contribution < 1.29 is 0 Å². The summed E-state index contributed by atoms with van der Waals surface area (Å²) >= 11 is 4.89. The van der Waals surface area contributed by atoms with Crippen LogP contribution in [0.1, 0.15) is 24.5 Å². The van der Waals surface area contributed by atoms with E-state index in [4.69, 9.17) is 18.0 Å². The van der Waals surface area contributed by atoms with Gasteiger partial charge in [-0.05, 0) is 71.6 Å². The van der Waals surface area contributed by atoms with Crippen LogP contribution >= 0.6 is 12.2 Å². The zero-order chi connectivity index (χ0) is 14.8. The van der Waals surface area contributed by atoms with Gasteiger partial charge in [-0.2, -0.15) is 0 Å². The molecule has 3 rings (SSSR count). The standard InChI is InChI=1S/C17H19N3S/c1-2-7-19-13-4-3-11-8-12-9-14(20-17(18)21)5-6-15(12)16(11)10-13/h3-6,9-10,19H,2,7-8H2,1H3,(H3,18,20,21). The van der Waals surface area contributed by atoms with Crippen LogP contribution < -0.4 is 16.4 Å². The number of benzene rings is 2. The summed E-state index contributed by atoms with van der Waals surface area (Å²) in [5.41, 5.74) is 13.0. The van der Waals surface area contributed by atoms with Crippen LogP contribution in [-0.4, -0.2) is 11.7 Å². The van der Waals surface area contributed by atoms with Crippen molar-refractivity contribution in [2.45, 2.75) is 19.8 Å². The van der Waals surface area contributed by atoms with Crippen LogP contribution in [0, 0.1) is 0 Å². The molecule has 4 N–H and O–H groups in total. The van der Waals surface area contributed by atoms with E-state index in [1.807, 2.05) is 6.07 Å². The lowest BCUT2D eigenvalue weighted by Crippen LogP contribution is -2.18. The maximum atomic E-state index is 5.53. The number of hydrogen-bond donors (Lipinski definition) is 3. The number of anilines is 2.